The van der Waals surface area contributed by atoms with Gasteiger partial charge >= 0.3 is 5.97 Å². The number of aliphatic carboxylic acids is 1. The van der Waals surface area contributed by atoms with Gasteiger partial charge in [0.15, 0.2) is 6.10 Å². The van der Waals surface area contributed by atoms with E-state index >= 15 is 0 Å². The lowest BCUT2D eigenvalue weighted by Crippen LogP contribution is -2.32. The van der Waals surface area contributed by atoms with Crippen molar-refractivity contribution in [1.29, 1.82) is 0 Å². The van der Waals surface area contributed by atoms with E-state index < -0.39 is 12.1 Å². The highest BCUT2D eigenvalue weighted by atomic mass is 16.4. The summed E-state index contributed by atoms with van der Waals surface area (Å²) in [5.41, 5.74) is 0. The molecule has 0 saturated carbocycles. The topological polar surface area (TPSA) is 130 Å². The maximum absolute atomic E-state index is 11.2. The minimum atomic E-state index is -1.46. The van der Waals surface area contributed by atoms with E-state index in [9.17, 15) is 9.59 Å². The third-order valence-corrected chi connectivity index (χ3v) is 1.72. The lowest BCUT2D eigenvalue weighted by molar-refractivity contribution is -0.147. The molecule has 1 aromatic rings. The standard InChI is InChI=1S/C7H11N5O4/c13-5(7(15)16)1-2-8-6(14)3-12-4-9-10-11-12/h4-5,13H,1-3H2,(H,8,14)(H,15,16). The zero-order valence-electron chi connectivity index (χ0n) is 8.28. The number of hydrogen-bond acceptors (Lipinski definition) is 6. The van der Waals surface area contributed by atoms with Gasteiger partial charge in [-0.3, -0.25) is 4.79 Å². The number of amides is 1. The summed E-state index contributed by atoms with van der Waals surface area (Å²) in [6, 6.07) is 0. The molecule has 0 aliphatic carbocycles. The first kappa shape index (κ1) is 12.0. The van der Waals surface area contributed by atoms with Gasteiger partial charge in [0.05, 0.1) is 0 Å². The second-order valence-corrected chi connectivity index (χ2v) is 3.00. The van der Waals surface area contributed by atoms with Gasteiger partial charge < -0.3 is 15.5 Å². The van der Waals surface area contributed by atoms with Crippen molar-refractivity contribution < 1.29 is 19.8 Å². The third kappa shape index (κ3) is 4.00. The molecule has 1 atom stereocenters. The van der Waals surface area contributed by atoms with Gasteiger partial charge in [-0.05, 0) is 10.4 Å². The van der Waals surface area contributed by atoms with E-state index in [2.05, 4.69) is 20.8 Å². The Morgan fingerprint density at radius 2 is 2.25 bits per heavy atom. The fourth-order valence-electron chi connectivity index (χ4n) is 0.928. The van der Waals surface area contributed by atoms with Crippen LogP contribution >= 0.6 is 0 Å². The zero-order valence-corrected chi connectivity index (χ0v) is 8.28. The molecule has 9 nitrogen and oxygen atoms in total. The van der Waals surface area contributed by atoms with Crippen LogP contribution in [0.5, 0.6) is 0 Å². The molecule has 0 saturated heterocycles. The summed E-state index contributed by atoms with van der Waals surface area (Å²) in [5, 5.41) is 29.9. The van der Waals surface area contributed by atoms with Gasteiger partial charge in [0.25, 0.3) is 0 Å². The number of hydrogen-bond donors (Lipinski definition) is 3. The van der Waals surface area contributed by atoms with E-state index in [0.29, 0.717) is 0 Å². The molecule has 0 aliphatic heterocycles. The quantitative estimate of drug-likeness (QED) is 0.496. The van der Waals surface area contributed by atoms with Crippen LogP contribution in [0.1, 0.15) is 6.42 Å². The van der Waals surface area contributed by atoms with Crippen LogP contribution in [0.4, 0.5) is 0 Å². The summed E-state index contributed by atoms with van der Waals surface area (Å²) in [6.45, 7) is 0.0323. The van der Waals surface area contributed by atoms with Crippen molar-refractivity contribution in [2.75, 3.05) is 6.54 Å². The van der Waals surface area contributed by atoms with E-state index in [1.54, 1.807) is 0 Å². The number of nitrogens with zero attached hydrogens (tertiary/aromatic N) is 4. The molecule has 9 heteroatoms. The first-order valence-electron chi connectivity index (χ1n) is 4.48. The van der Waals surface area contributed by atoms with Gasteiger partial charge in [0.1, 0.15) is 12.9 Å². The van der Waals surface area contributed by atoms with Gasteiger partial charge in [-0.2, -0.15) is 0 Å². The summed E-state index contributed by atoms with van der Waals surface area (Å²) in [7, 11) is 0. The van der Waals surface area contributed by atoms with Gasteiger partial charge in [-0.25, -0.2) is 9.48 Å². The Hall–Kier alpha value is -2.03. The Bertz CT molecular complexity index is 352. The molecule has 16 heavy (non-hydrogen) atoms. The van der Waals surface area contributed by atoms with Crippen LogP contribution < -0.4 is 5.32 Å². The molecule has 1 unspecified atom stereocenters. The van der Waals surface area contributed by atoms with Crippen LogP contribution in [-0.2, 0) is 16.1 Å². The van der Waals surface area contributed by atoms with Crippen molar-refractivity contribution in [1.82, 2.24) is 25.5 Å². The summed E-state index contributed by atoms with van der Waals surface area (Å²) in [4.78, 5) is 21.4. The van der Waals surface area contributed by atoms with Gasteiger partial charge in [0, 0.05) is 13.0 Å². The highest BCUT2D eigenvalue weighted by Crippen LogP contribution is 1.89. The fourth-order valence-corrected chi connectivity index (χ4v) is 0.928. The summed E-state index contributed by atoms with van der Waals surface area (Å²) < 4.78 is 1.23. The molecule has 0 aromatic carbocycles. The lowest BCUT2D eigenvalue weighted by atomic mass is 10.2. The van der Waals surface area contributed by atoms with E-state index in [0.717, 1.165) is 0 Å². The van der Waals surface area contributed by atoms with Crippen LogP contribution in [0.15, 0.2) is 6.33 Å². The molecule has 88 valence electrons. The molecule has 0 radical (unpaired) electrons. The van der Waals surface area contributed by atoms with Crippen LogP contribution in [0.2, 0.25) is 0 Å². The number of carboxylic acids is 1. The second-order valence-electron chi connectivity index (χ2n) is 3.00. The van der Waals surface area contributed by atoms with Gasteiger partial charge in [-0.1, -0.05) is 0 Å². The van der Waals surface area contributed by atoms with E-state index in [-0.39, 0.29) is 25.4 Å². The normalized spacial score (nSPS) is 12.1. The van der Waals surface area contributed by atoms with Crippen LogP contribution in [0.3, 0.4) is 0 Å². The smallest absolute Gasteiger partial charge is 0.332 e. The minimum absolute atomic E-state index is 0.0450. The summed E-state index contributed by atoms with van der Waals surface area (Å²) >= 11 is 0. The van der Waals surface area contributed by atoms with Crippen molar-refractivity contribution in [3.05, 3.63) is 6.33 Å². The summed E-state index contributed by atoms with van der Waals surface area (Å²) in [6.07, 6.45) is -0.226. The molecule has 1 aromatic heterocycles. The molecule has 0 fully saturated rings. The first-order valence-corrected chi connectivity index (χ1v) is 4.48. The van der Waals surface area contributed by atoms with Crippen LogP contribution in [0, 0.1) is 0 Å². The Morgan fingerprint density at radius 1 is 1.50 bits per heavy atom. The summed E-state index contributed by atoms with van der Waals surface area (Å²) in [5.74, 6) is -1.67. The van der Waals surface area contributed by atoms with Gasteiger partial charge in [-0.15, -0.1) is 5.10 Å². The number of carboxylic acid groups (broad SMARTS) is 1. The predicted molar refractivity (Wildman–Crippen MR) is 49.1 cm³/mol. The Balaban J connectivity index is 2.18. The number of aliphatic hydroxyl groups excluding tert-OH is 1. The average molecular weight is 229 g/mol. The third-order valence-electron chi connectivity index (χ3n) is 1.72. The largest absolute Gasteiger partial charge is 0.479 e. The number of nitrogens with one attached hydrogen (secondary N) is 1. The number of rotatable bonds is 6. The van der Waals surface area contributed by atoms with Crippen molar-refractivity contribution in [2.24, 2.45) is 0 Å². The maximum atomic E-state index is 11.2. The highest BCUT2D eigenvalue weighted by Gasteiger charge is 2.12. The number of aromatic nitrogens is 4. The van der Waals surface area contributed by atoms with E-state index in [4.69, 9.17) is 10.2 Å². The van der Waals surface area contributed by atoms with E-state index in [1.165, 1.54) is 11.0 Å². The number of aliphatic hydroxyl groups is 1. The Morgan fingerprint density at radius 3 is 2.81 bits per heavy atom. The minimum Gasteiger partial charge on any atom is -0.479 e. The number of carbonyl (C=O) groups is 2. The van der Waals surface area contributed by atoms with Crippen molar-refractivity contribution in [3.8, 4) is 0 Å². The van der Waals surface area contributed by atoms with Crippen molar-refractivity contribution in [2.45, 2.75) is 19.1 Å². The van der Waals surface area contributed by atoms with Crippen molar-refractivity contribution >= 4 is 11.9 Å². The van der Waals surface area contributed by atoms with Gasteiger partial charge in [0.2, 0.25) is 5.91 Å². The fraction of sp³-hybridized carbons (Fsp3) is 0.571. The molecule has 0 aliphatic rings. The zero-order chi connectivity index (χ0) is 12.0. The van der Waals surface area contributed by atoms with E-state index in [1.807, 2.05) is 0 Å². The predicted octanol–water partition coefficient (Wildman–Crippen LogP) is -2.38. The monoisotopic (exact) mass is 229 g/mol. The molecule has 1 amide bonds. The molecular formula is C7H11N5O4. The second kappa shape index (κ2) is 5.75. The SMILES string of the molecule is O=C(Cn1cnnn1)NCCC(O)C(=O)O. The first-order chi connectivity index (χ1) is 7.59. The lowest BCUT2D eigenvalue weighted by Gasteiger charge is -2.06. The van der Waals surface area contributed by atoms with Crippen LogP contribution in [0.25, 0.3) is 0 Å². The molecule has 0 spiro atoms. The molecule has 0 bridgehead atoms. The molecular weight excluding hydrogens is 218 g/mol. The maximum Gasteiger partial charge on any atom is 0.332 e. The molecule has 1 rings (SSSR count). The average Bonchev–Trinajstić information content (AvgIpc) is 2.70. The number of carbonyl (C=O) groups excluding carboxylic acids is 1. The highest BCUT2D eigenvalue weighted by molar-refractivity contribution is 5.75. The Labute approximate surface area is 90.1 Å². The molecule has 1 heterocycles. The number of tetrazole rings is 1. The molecule has 3 N–H and O–H groups in total. The van der Waals surface area contributed by atoms with Crippen molar-refractivity contribution in [3.63, 3.8) is 0 Å². The Kier molecular flexibility index (Phi) is 4.33. The van der Waals surface area contributed by atoms with Crippen LogP contribution in [-0.4, -0.2) is 54.9 Å².